The van der Waals surface area contributed by atoms with Gasteiger partial charge in [0.05, 0.1) is 0 Å². The van der Waals surface area contributed by atoms with Gasteiger partial charge in [-0.05, 0) is 11.6 Å². The number of carbonyl (C=O) groups is 1. The van der Waals surface area contributed by atoms with Gasteiger partial charge in [0.15, 0.2) is 11.5 Å². The Morgan fingerprint density at radius 1 is 1.32 bits per heavy atom. The first kappa shape index (κ1) is 13.5. The second-order valence-corrected chi connectivity index (χ2v) is 4.84. The number of halogens is 1. The van der Waals surface area contributed by atoms with Crippen molar-refractivity contribution in [2.45, 2.75) is 6.54 Å². The highest BCUT2D eigenvalue weighted by Gasteiger charge is 2.16. The Balaban J connectivity index is 2.28. The minimum atomic E-state index is -1.08. The maximum atomic E-state index is 11.1. The van der Waals surface area contributed by atoms with Crippen molar-refractivity contribution in [2.75, 3.05) is 11.9 Å². The minimum Gasteiger partial charge on any atom is -0.476 e. The van der Waals surface area contributed by atoms with Crippen LogP contribution < -0.4 is 4.90 Å². The van der Waals surface area contributed by atoms with E-state index in [-0.39, 0.29) is 5.69 Å². The number of hydrogen-bond acceptors (Lipinski definition) is 4. The molecule has 19 heavy (non-hydrogen) atoms. The lowest BCUT2D eigenvalue weighted by atomic mass is 10.2. The Morgan fingerprint density at radius 3 is 2.68 bits per heavy atom. The van der Waals surface area contributed by atoms with Gasteiger partial charge in [-0.2, -0.15) is 0 Å². The second kappa shape index (κ2) is 5.79. The lowest BCUT2D eigenvalue weighted by Crippen LogP contribution is -2.21. The third-order valence-corrected chi connectivity index (χ3v) is 3.38. The zero-order valence-corrected chi connectivity index (χ0v) is 11.8. The van der Waals surface area contributed by atoms with Crippen molar-refractivity contribution >= 4 is 27.7 Å². The molecule has 5 nitrogen and oxygen atoms in total. The van der Waals surface area contributed by atoms with Crippen molar-refractivity contribution in [3.63, 3.8) is 0 Å². The molecule has 1 N–H and O–H groups in total. The van der Waals surface area contributed by atoms with Gasteiger partial charge in [0.2, 0.25) is 0 Å². The molecule has 0 fully saturated rings. The zero-order valence-electron chi connectivity index (χ0n) is 10.2. The molecule has 0 unspecified atom stereocenters. The van der Waals surface area contributed by atoms with E-state index in [0.717, 1.165) is 10.0 Å². The van der Waals surface area contributed by atoms with Crippen molar-refractivity contribution in [1.29, 1.82) is 0 Å². The van der Waals surface area contributed by atoms with Gasteiger partial charge in [-0.3, -0.25) is 0 Å². The Bertz CT molecular complexity index is 604. The van der Waals surface area contributed by atoms with E-state index in [4.69, 9.17) is 5.11 Å². The van der Waals surface area contributed by atoms with E-state index in [0.29, 0.717) is 12.4 Å². The van der Waals surface area contributed by atoms with Crippen LogP contribution in [0.2, 0.25) is 0 Å². The Hall–Kier alpha value is -1.95. The molecule has 2 rings (SSSR count). The SMILES string of the molecule is CN(Cc1ccccc1Br)c1nccnc1C(=O)O. The molecule has 2 aromatic rings. The Kier molecular flexibility index (Phi) is 4.11. The van der Waals surface area contributed by atoms with Gasteiger partial charge in [-0.1, -0.05) is 34.1 Å². The highest BCUT2D eigenvalue weighted by molar-refractivity contribution is 9.10. The van der Waals surface area contributed by atoms with Crippen LogP contribution in [-0.2, 0) is 6.54 Å². The Labute approximate surface area is 119 Å². The summed E-state index contributed by atoms with van der Waals surface area (Å²) in [7, 11) is 1.79. The van der Waals surface area contributed by atoms with Gasteiger partial charge in [0, 0.05) is 30.5 Å². The Morgan fingerprint density at radius 2 is 2.00 bits per heavy atom. The summed E-state index contributed by atoms with van der Waals surface area (Å²) in [5.74, 6) is -0.729. The van der Waals surface area contributed by atoms with Crippen molar-refractivity contribution in [3.8, 4) is 0 Å². The van der Waals surface area contributed by atoms with E-state index in [9.17, 15) is 4.79 Å². The molecule has 0 aliphatic heterocycles. The second-order valence-electron chi connectivity index (χ2n) is 3.98. The standard InChI is InChI=1S/C13H12BrN3O2/c1-17(8-9-4-2-3-5-10(9)14)12-11(13(18)19)15-6-7-16-12/h2-7H,8H2,1H3,(H,18,19). The van der Waals surface area contributed by atoms with Gasteiger partial charge < -0.3 is 10.0 Å². The van der Waals surface area contributed by atoms with E-state index < -0.39 is 5.97 Å². The molecule has 1 aromatic heterocycles. The number of anilines is 1. The molecule has 0 aliphatic rings. The molecule has 0 saturated heterocycles. The smallest absolute Gasteiger partial charge is 0.358 e. The van der Waals surface area contributed by atoms with Crippen LogP contribution in [0.25, 0.3) is 0 Å². The van der Waals surface area contributed by atoms with Gasteiger partial charge in [0.1, 0.15) is 0 Å². The molecule has 0 amide bonds. The van der Waals surface area contributed by atoms with Crippen LogP contribution in [-0.4, -0.2) is 28.1 Å². The molecule has 0 radical (unpaired) electrons. The summed E-state index contributed by atoms with van der Waals surface area (Å²) in [6.07, 6.45) is 2.86. The highest BCUT2D eigenvalue weighted by Crippen LogP contribution is 2.21. The van der Waals surface area contributed by atoms with Gasteiger partial charge in [-0.25, -0.2) is 14.8 Å². The first-order valence-electron chi connectivity index (χ1n) is 5.58. The summed E-state index contributed by atoms with van der Waals surface area (Å²) in [5, 5.41) is 9.10. The normalized spacial score (nSPS) is 10.2. The molecule has 1 heterocycles. The van der Waals surface area contributed by atoms with E-state index in [2.05, 4.69) is 25.9 Å². The maximum Gasteiger partial charge on any atom is 0.358 e. The molecule has 0 aliphatic carbocycles. The van der Waals surface area contributed by atoms with Crippen LogP contribution >= 0.6 is 15.9 Å². The number of carboxylic acids is 1. The molecule has 1 aromatic carbocycles. The number of carboxylic acid groups (broad SMARTS) is 1. The van der Waals surface area contributed by atoms with Crippen LogP contribution in [0.15, 0.2) is 41.1 Å². The quantitative estimate of drug-likeness (QED) is 0.937. The monoisotopic (exact) mass is 321 g/mol. The lowest BCUT2D eigenvalue weighted by Gasteiger charge is -2.19. The molecule has 0 spiro atoms. The van der Waals surface area contributed by atoms with Crippen molar-refractivity contribution in [2.24, 2.45) is 0 Å². The minimum absolute atomic E-state index is 0.0444. The number of nitrogens with zero attached hydrogens (tertiary/aromatic N) is 3. The van der Waals surface area contributed by atoms with Crippen LogP contribution in [0.5, 0.6) is 0 Å². The zero-order chi connectivity index (χ0) is 13.8. The molecular formula is C13H12BrN3O2. The van der Waals surface area contributed by atoms with Crippen molar-refractivity contribution < 1.29 is 9.90 Å². The predicted molar refractivity (Wildman–Crippen MR) is 75.2 cm³/mol. The highest BCUT2D eigenvalue weighted by atomic mass is 79.9. The number of rotatable bonds is 4. The van der Waals surface area contributed by atoms with Crippen LogP contribution in [0, 0.1) is 0 Å². The number of benzene rings is 1. The van der Waals surface area contributed by atoms with Gasteiger partial charge in [-0.15, -0.1) is 0 Å². The fourth-order valence-corrected chi connectivity index (χ4v) is 2.13. The molecule has 0 atom stereocenters. The third kappa shape index (κ3) is 3.08. The van der Waals surface area contributed by atoms with Crippen LogP contribution in [0.4, 0.5) is 5.82 Å². The third-order valence-electron chi connectivity index (χ3n) is 2.61. The maximum absolute atomic E-state index is 11.1. The summed E-state index contributed by atoms with van der Waals surface area (Å²) in [5.41, 5.74) is 1.00. The van der Waals surface area contributed by atoms with E-state index in [1.165, 1.54) is 12.4 Å². The molecule has 0 saturated carbocycles. The number of aromatic carboxylic acids is 1. The number of aromatic nitrogens is 2. The van der Waals surface area contributed by atoms with Crippen LogP contribution in [0.3, 0.4) is 0 Å². The molecular weight excluding hydrogens is 310 g/mol. The lowest BCUT2D eigenvalue weighted by molar-refractivity contribution is 0.0690. The van der Waals surface area contributed by atoms with Crippen LogP contribution in [0.1, 0.15) is 16.1 Å². The largest absolute Gasteiger partial charge is 0.476 e. The average Bonchev–Trinajstić information content (AvgIpc) is 2.41. The predicted octanol–water partition coefficient (Wildman–Crippen LogP) is 2.57. The fraction of sp³-hybridized carbons (Fsp3) is 0.154. The summed E-state index contributed by atoms with van der Waals surface area (Å²) in [6.45, 7) is 0.542. The first-order chi connectivity index (χ1) is 9.09. The summed E-state index contributed by atoms with van der Waals surface area (Å²) < 4.78 is 0.975. The summed E-state index contributed by atoms with van der Waals surface area (Å²) >= 11 is 3.47. The number of hydrogen-bond donors (Lipinski definition) is 1. The van der Waals surface area contributed by atoms with Crippen molar-refractivity contribution in [3.05, 3.63) is 52.4 Å². The topological polar surface area (TPSA) is 66.3 Å². The summed E-state index contributed by atoms with van der Waals surface area (Å²) in [6, 6.07) is 7.77. The molecule has 98 valence electrons. The van der Waals surface area contributed by atoms with Gasteiger partial charge in [0.25, 0.3) is 0 Å². The first-order valence-corrected chi connectivity index (χ1v) is 6.37. The van der Waals surface area contributed by atoms with E-state index >= 15 is 0 Å². The van der Waals surface area contributed by atoms with E-state index in [1.807, 2.05) is 24.3 Å². The summed E-state index contributed by atoms with van der Waals surface area (Å²) in [4.78, 5) is 20.8. The fourth-order valence-electron chi connectivity index (χ4n) is 1.72. The molecule has 6 heteroatoms. The average molecular weight is 322 g/mol. The van der Waals surface area contributed by atoms with E-state index in [1.54, 1.807) is 11.9 Å². The van der Waals surface area contributed by atoms with Gasteiger partial charge >= 0.3 is 5.97 Å². The molecule has 0 bridgehead atoms. The van der Waals surface area contributed by atoms with Crippen molar-refractivity contribution in [1.82, 2.24) is 9.97 Å².